The van der Waals surface area contributed by atoms with Gasteiger partial charge in [-0.15, -0.1) is 0 Å². The van der Waals surface area contributed by atoms with Crippen LogP contribution in [-0.2, 0) is 21.2 Å². The SMILES string of the molecule is CC(C)Oc1cccc(CCCNC(=O)CN(c2cccc(Cl)c2Cl)S(C)(=O)=O)c1. The normalized spacial score (nSPS) is 11.4. The molecule has 6 nitrogen and oxygen atoms in total. The Kier molecular flexibility index (Phi) is 8.82. The van der Waals surface area contributed by atoms with Crippen LogP contribution in [0, 0.1) is 0 Å². The fourth-order valence-electron chi connectivity index (χ4n) is 2.82. The van der Waals surface area contributed by atoms with E-state index in [1.165, 1.54) is 6.07 Å². The smallest absolute Gasteiger partial charge is 0.240 e. The van der Waals surface area contributed by atoms with Gasteiger partial charge in [-0.25, -0.2) is 8.42 Å². The number of hydrogen-bond donors (Lipinski definition) is 1. The summed E-state index contributed by atoms with van der Waals surface area (Å²) < 4.78 is 31.0. The molecule has 0 heterocycles. The number of amides is 1. The van der Waals surface area contributed by atoms with Crippen LogP contribution in [0.1, 0.15) is 25.8 Å². The number of carbonyl (C=O) groups excluding carboxylic acids is 1. The van der Waals surface area contributed by atoms with Gasteiger partial charge in [0.25, 0.3) is 0 Å². The van der Waals surface area contributed by atoms with E-state index in [0.29, 0.717) is 13.0 Å². The second-order valence-electron chi connectivity index (χ2n) is 7.11. The van der Waals surface area contributed by atoms with E-state index >= 15 is 0 Å². The molecule has 0 unspecified atom stereocenters. The van der Waals surface area contributed by atoms with Crippen LogP contribution in [0.3, 0.4) is 0 Å². The van der Waals surface area contributed by atoms with E-state index in [0.717, 1.165) is 28.3 Å². The highest BCUT2D eigenvalue weighted by Gasteiger charge is 2.23. The molecular formula is C21H26Cl2N2O4S. The Hall–Kier alpha value is -1.96. The van der Waals surface area contributed by atoms with Crippen LogP contribution in [0.25, 0.3) is 0 Å². The Morgan fingerprint density at radius 2 is 1.87 bits per heavy atom. The number of aryl methyl sites for hydroxylation is 1. The highest BCUT2D eigenvalue weighted by molar-refractivity contribution is 7.92. The second-order valence-corrected chi connectivity index (χ2v) is 9.80. The van der Waals surface area contributed by atoms with E-state index in [1.807, 2.05) is 38.1 Å². The van der Waals surface area contributed by atoms with Crippen molar-refractivity contribution in [2.45, 2.75) is 32.8 Å². The molecule has 9 heteroatoms. The summed E-state index contributed by atoms with van der Waals surface area (Å²) in [6.07, 6.45) is 2.58. The van der Waals surface area contributed by atoms with Gasteiger partial charge in [0.1, 0.15) is 12.3 Å². The summed E-state index contributed by atoms with van der Waals surface area (Å²) in [6.45, 7) is 3.97. The molecule has 0 fully saturated rings. The third kappa shape index (κ3) is 7.38. The summed E-state index contributed by atoms with van der Waals surface area (Å²) in [5, 5.41) is 3.05. The molecule has 164 valence electrons. The number of hydrogen-bond acceptors (Lipinski definition) is 4. The minimum atomic E-state index is -3.73. The molecule has 0 spiro atoms. The monoisotopic (exact) mass is 472 g/mol. The van der Waals surface area contributed by atoms with Crippen molar-refractivity contribution >= 4 is 44.8 Å². The zero-order chi connectivity index (χ0) is 22.3. The quantitative estimate of drug-likeness (QED) is 0.523. The molecule has 1 amide bonds. The highest BCUT2D eigenvalue weighted by atomic mass is 35.5. The fourth-order valence-corrected chi connectivity index (χ4v) is 4.13. The first kappa shape index (κ1) is 24.3. The molecule has 0 aliphatic rings. The van der Waals surface area contributed by atoms with Crippen LogP contribution in [0.15, 0.2) is 42.5 Å². The third-order valence-corrected chi connectivity index (χ3v) is 6.06. The van der Waals surface area contributed by atoms with Crippen LogP contribution in [0.5, 0.6) is 5.75 Å². The Morgan fingerprint density at radius 1 is 1.17 bits per heavy atom. The molecule has 0 aliphatic carbocycles. The third-order valence-electron chi connectivity index (χ3n) is 4.12. The molecule has 0 aromatic heterocycles. The first-order chi connectivity index (χ1) is 14.1. The number of halogens is 2. The lowest BCUT2D eigenvalue weighted by molar-refractivity contribution is -0.119. The molecule has 0 bridgehead atoms. The minimum absolute atomic E-state index is 0.0842. The van der Waals surface area contributed by atoms with Crippen molar-refractivity contribution < 1.29 is 17.9 Å². The molecule has 0 atom stereocenters. The van der Waals surface area contributed by atoms with E-state index in [4.69, 9.17) is 27.9 Å². The zero-order valence-corrected chi connectivity index (χ0v) is 19.5. The van der Waals surface area contributed by atoms with Crippen molar-refractivity contribution in [1.82, 2.24) is 5.32 Å². The Balaban J connectivity index is 1.92. The van der Waals surface area contributed by atoms with Crippen molar-refractivity contribution in [3.05, 3.63) is 58.1 Å². The molecule has 2 rings (SSSR count). The number of nitrogens with one attached hydrogen (secondary N) is 1. The Labute approximate surface area is 188 Å². The predicted molar refractivity (Wildman–Crippen MR) is 122 cm³/mol. The van der Waals surface area contributed by atoms with E-state index in [1.54, 1.807) is 12.1 Å². The predicted octanol–water partition coefficient (Wildman–Crippen LogP) is 4.30. The summed E-state index contributed by atoms with van der Waals surface area (Å²) in [5.74, 6) is 0.391. The van der Waals surface area contributed by atoms with Crippen molar-refractivity contribution in [3.8, 4) is 5.75 Å². The van der Waals surface area contributed by atoms with Crippen LogP contribution in [-0.4, -0.2) is 39.8 Å². The van der Waals surface area contributed by atoms with E-state index in [2.05, 4.69) is 5.32 Å². The van der Waals surface area contributed by atoms with Crippen molar-refractivity contribution in [2.24, 2.45) is 0 Å². The van der Waals surface area contributed by atoms with Gasteiger partial charge >= 0.3 is 0 Å². The lowest BCUT2D eigenvalue weighted by Gasteiger charge is -2.23. The molecule has 0 aliphatic heterocycles. The summed E-state index contributed by atoms with van der Waals surface area (Å²) >= 11 is 12.1. The van der Waals surface area contributed by atoms with Crippen molar-refractivity contribution in [1.29, 1.82) is 0 Å². The van der Waals surface area contributed by atoms with Crippen molar-refractivity contribution in [2.75, 3.05) is 23.7 Å². The van der Waals surface area contributed by atoms with Crippen LogP contribution >= 0.6 is 23.2 Å². The highest BCUT2D eigenvalue weighted by Crippen LogP contribution is 2.33. The molecule has 2 aromatic rings. The number of nitrogens with zero attached hydrogens (tertiary/aromatic N) is 1. The van der Waals surface area contributed by atoms with Crippen LogP contribution < -0.4 is 14.4 Å². The average Bonchev–Trinajstić information content (AvgIpc) is 2.65. The first-order valence-corrected chi connectivity index (χ1v) is 12.1. The van der Waals surface area contributed by atoms with Gasteiger partial charge < -0.3 is 10.1 Å². The second kappa shape index (κ2) is 10.9. The van der Waals surface area contributed by atoms with Gasteiger partial charge in [-0.05, 0) is 56.5 Å². The molecule has 2 aromatic carbocycles. The van der Waals surface area contributed by atoms with E-state index in [9.17, 15) is 13.2 Å². The van der Waals surface area contributed by atoms with Gasteiger partial charge in [0, 0.05) is 6.54 Å². The molecule has 30 heavy (non-hydrogen) atoms. The molecule has 0 saturated carbocycles. The fraction of sp³-hybridized carbons (Fsp3) is 0.381. The molecule has 1 N–H and O–H groups in total. The largest absolute Gasteiger partial charge is 0.491 e. The van der Waals surface area contributed by atoms with Gasteiger partial charge in [0.05, 0.1) is 28.1 Å². The standard InChI is InChI=1S/C21H26Cl2N2O4S/c1-15(2)29-17-9-4-7-16(13-17)8-6-12-24-20(26)14-25(30(3,27)28)19-11-5-10-18(22)21(19)23/h4-5,7,9-11,13,15H,6,8,12,14H2,1-3H3,(H,24,26). The van der Waals surface area contributed by atoms with Gasteiger partial charge in [-0.2, -0.15) is 0 Å². The minimum Gasteiger partial charge on any atom is -0.491 e. The summed E-state index contributed by atoms with van der Waals surface area (Å²) in [6, 6.07) is 12.5. The number of rotatable bonds is 10. The molecule has 0 radical (unpaired) electrons. The van der Waals surface area contributed by atoms with Gasteiger partial charge in [-0.3, -0.25) is 9.10 Å². The maximum absolute atomic E-state index is 12.3. The number of benzene rings is 2. The van der Waals surface area contributed by atoms with Gasteiger partial charge in [0.2, 0.25) is 15.9 Å². The number of carbonyl (C=O) groups is 1. The van der Waals surface area contributed by atoms with Crippen LogP contribution in [0.4, 0.5) is 5.69 Å². The maximum Gasteiger partial charge on any atom is 0.240 e. The number of ether oxygens (including phenoxy) is 1. The first-order valence-electron chi connectivity index (χ1n) is 9.52. The van der Waals surface area contributed by atoms with Gasteiger partial charge in [-0.1, -0.05) is 41.4 Å². The summed E-state index contributed by atoms with van der Waals surface area (Å²) in [5.41, 5.74) is 1.27. The van der Waals surface area contributed by atoms with Gasteiger partial charge in [0.15, 0.2) is 0 Å². The maximum atomic E-state index is 12.3. The lowest BCUT2D eigenvalue weighted by atomic mass is 10.1. The Bertz CT molecular complexity index is 981. The van der Waals surface area contributed by atoms with E-state index in [-0.39, 0.29) is 28.4 Å². The van der Waals surface area contributed by atoms with E-state index < -0.39 is 15.9 Å². The van der Waals surface area contributed by atoms with Crippen molar-refractivity contribution in [3.63, 3.8) is 0 Å². The van der Waals surface area contributed by atoms with Crippen LogP contribution in [0.2, 0.25) is 10.0 Å². The number of sulfonamides is 1. The topological polar surface area (TPSA) is 75.7 Å². The zero-order valence-electron chi connectivity index (χ0n) is 17.2. The summed E-state index contributed by atoms with van der Waals surface area (Å²) in [4.78, 5) is 12.3. The number of anilines is 1. The Morgan fingerprint density at radius 3 is 2.53 bits per heavy atom. The lowest BCUT2D eigenvalue weighted by Crippen LogP contribution is -2.40. The average molecular weight is 473 g/mol. The molecular weight excluding hydrogens is 447 g/mol. The molecule has 0 saturated heterocycles. The summed E-state index contributed by atoms with van der Waals surface area (Å²) in [7, 11) is -3.73.